The zero-order valence-electron chi connectivity index (χ0n) is 11.8. The van der Waals surface area contributed by atoms with Crippen LogP contribution < -0.4 is 5.32 Å². The number of halogens is 1. The Balaban J connectivity index is 1.99. The summed E-state index contributed by atoms with van der Waals surface area (Å²) in [5.74, 6) is -0.169. The number of carbonyl (C=O) groups is 1. The number of nitro groups is 1. The Morgan fingerprint density at radius 2 is 2.33 bits per heavy atom. The number of hydrogen-bond donors (Lipinski definition) is 1. The van der Waals surface area contributed by atoms with Gasteiger partial charge < -0.3 is 5.32 Å². The van der Waals surface area contributed by atoms with Crippen molar-refractivity contribution in [2.45, 2.75) is 25.8 Å². The van der Waals surface area contributed by atoms with Crippen LogP contribution in [-0.4, -0.2) is 41.4 Å². The van der Waals surface area contributed by atoms with E-state index in [-0.39, 0.29) is 11.6 Å². The van der Waals surface area contributed by atoms with Crippen molar-refractivity contribution in [3.05, 3.63) is 37.4 Å². The van der Waals surface area contributed by atoms with Crippen LogP contribution in [0.1, 0.15) is 30.1 Å². The smallest absolute Gasteiger partial charge is 0.270 e. The first kappa shape index (κ1) is 16.2. The first-order valence-corrected chi connectivity index (χ1v) is 8.07. The number of likely N-dealkylation sites (N-methyl/N-ethyl adjacent to an activating group) is 1. The lowest BCUT2D eigenvalue weighted by atomic mass is 10.1. The van der Waals surface area contributed by atoms with Gasteiger partial charge in [0.25, 0.3) is 11.6 Å². The number of nitrogens with zero attached hydrogens (tertiary/aromatic N) is 2. The van der Waals surface area contributed by atoms with Gasteiger partial charge in [-0.1, -0.05) is 6.92 Å². The van der Waals surface area contributed by atoms with Crippen molar-refractivity contribution in [2.24, 2.45) is 0 Å². The Bertz CT molecular complexity index is 550. The Hall–Kier alpha value is -1.22. The maximum Gasteiger partial charge on any atom is 0.270 e. The molecule has 114 valence electrons. The van der Waals surface area contributed by atoms with E-state index < -0.39 is 4.92 Å². The predicted molar refractivity (Wildman–Crippen MR) is 88.4 cm³/mol. The van der Waals surface area contributed by atoms with Crippen molar-refractivity contribution < 1.29 is 9.72 Å². The topological polar surface area (TPSA) is 75.5 Å². The van der Waals surface area contributed by atoms with Crippen LogP contribution in [0.25, 0.3) is 0 Å². The lowest BCUT2D eigenvalue weighted by Crippen LogP contribution is -2.40. The van der Waals surface area contributed by atoms with Crippen LogP contribution >= 0.6 is 22.6 Å². The molecule has 1 aliphatic heterocycles. The summed E-state index contributed by atoms with van der Waals surface area (Å²) in [5.41, 5.74) is 0.492. The zero-order chi connectivity index (χ0) is 15.4. The fourth-order valence-corrected chi connectivity index (χ4v) is 3.39. The van der Waals surface area contributed by atoms with Gasteiger partial charge in [-0.05, 0) is 54.6 Å². The molecule has 1 heterocycles. The third kappa shape index (κ3) is 3.91. The fourth-order valence-electron chi connectivity index (χ4n) is 2.65. The minimum atomic E-state index is -0.457. The van der Waals surface area contributed by atoms with Crippen LogP contribution in [0.5, 0.6) is 0 Å². The van der Waals surface area contributed by atoms with Crippen molar-refractivity contribution >= 4 is 34.2 Å². The molecule has 1 atom stereocenters. The number of benzene rings is 1. The molecule has 0 aromatic heterocycles. The molecule has 0 radical (unpaired) electrons. The maximum absolute atomic E-state index is 12.2. The van der Waals surface area contributed by atoms with E-state index in [1.165, 1.54) is 24.6 Å². The first-order valence-electron chi connectivity index (χ1n) is 6.99. The second kappa shape index (κ2) is 7.17. The van der Waals surface area contributed by atoms with Crippen LogP contribution in [-0.2, 0) is 0 Å². The van der Waals surface area contributed by atoms with E-state index in [9.17, 15) is 14.9 Å². The van der Waals surface area contributed by atoms with Crippen LogP contribution in [0.2, 0.25) is 0 Å². The summed E-state index contributed by atoms with van der Waals surface area (Å²) in [6.07, 6.45) is 2.27. The summed E-state index contributed by atoms with van der Waals surface area (Å²) in [4.78, 5) is 24.8. The van der Waals surface area contributed by atoms with E-state index in [1.54, 1.807) is 0 Å². The number of nitro benzene ring substituents is 1. The third-order valence-electron chi connectivity index (χ3n) is 3.81. The lowest BCUT2D eigenvalue weighted by Gasteiger charge is -2.22. The molecule has 1 amide bonds. The average molecular weight is 403 g/mol. The minimum absolute atomic E-state index is 0.00361. The molecule has 6 nitrogen and oxygen atoms in total. The SMILES string of the molecule is CCN1CCCC1CNC(=O)c1ccc([N+](=O)[O-])cc1I. The normalized spacial score (nSPS) is 18.7. The molecule has 1 unspecified atom stereocenters. The van der Waals surface area contributed by atoms with E-state index in [0.717, 1.165) is 19.5 Å². The van der Waals surface area contributed by atoms with Gasteiger partial charge in [0, 0.05) is 28.3 Å². The molecule has 0 bridgehead atoms. The van der Waals surface area contributed by atoms with Crippen LogP contribution in [0.15, 0.2) is 18.2 Å². The molecule has 2 rings (SSSR count). The molecular formula is C14H18IN3O3. The van der Waals surface area contributed by atoms with Gasteiger partial charge in [-0.2, -0.15) is 0 Å². The van der Waals surface area contributed by atoms with Gasteiger partial charge in [-0.3, -0.25) is 19.8 Å². The minimum Gasteiger partial charge on any atom is -0.350 e. The van der Waals surface area contributed by atoms with Crippen LogP contribution in [0.4, 0.5) is 5.69 Å². The van der Waals surface area contributed by atoms with Crippen LogP contribution in [0, 0.1) is 13.7 Å². The van der Waals surface area contributed by atoms with Crippen molar-refractivity contribution in [2.75, 3.05) is 19.6 Å². The van der Waals surface area contributed by atoms with Gasteiger partial charge in [0.15, 0.2) is 0 Å². The number of nitrogens with one attached hydrogen (secondary N) is 1. The highest BCUT2D eigenvalue weighted by Crippen LogP contribution is 2.20. The summed E-state index contributed by atoms with van der Waals surface area (Å²) in [6, 6.07) is 4.70. The molecule has 1 aromatic rings. The zero-order valence-corrected chi connectivity index (χ0v) is 14.0. The molecular weight excluding hydrogens is 385 g/mol. The van der Waals surface area contributed by atoms with E-state index in [4.69, 9.17) is 0 Å². The highest BCUT2D eigenvalue weighted by molar-refractivity contribution is 14.1. The lowest BCUT2D eigenvalue weighted by molar-refractivity contribution is -0.384. The number of hydrogen-bond acceptors (Lipinski definition) is 4. The van der Waals surface area contributed by atoms with E-state index in [2.05, 4.69) is 17.1 Å². The average Bonchev–Trinajstić information content (AvgIpc) is 2.91. The Morgan fingerprint density at radius 3 is 2.95 bits per heavy atom. The first-order chi connectivity index (χ1) is 10.0. The number of amides is 1. The molecule has 7 heteroatoms. The van der Waals surface area contributed by atoms with Crippen LogP contribution in [0.3, 0.4) is 0 Å². The molecule has 1 aromatic carbocycles. The fraction of sp³-hybridized carbons (Fsp3) is 0.500. The second-order valence-corrected chi connectivity index (χ2v) is 6.22. The largest absolute Gasteiger partial charge is 0.350 e. The molecule has 0 saturated carbocycles. The van der Waals surface area contributed by atoms with Crippen molar-refractivity contribution in [1.82, 2.24) is 10.2 Å². The molecule has 1 fully saturated rings. The monoisotopic (exact) mass is 403 g/mol. The molecule has 1 N–H and O–H groups in total. The molecule has 0 aliphatic carbocycles. The number of likely N-dealkylation sites (tertiary alicyclic amines) is 1. The summed E-state index contributed by atoms with van der Waals surface area (Å²) in [6.45, 7) is 4.83. The van der Waals surface area contributed by atoms with Crippen molar-refractivity contribution in [1.29, 1.82) is 0 Å². The van der Waals surface area contributed by atoms with Gasteiger partial charge in [0.1, 0.15) is 0 Å². The predicted octanol–water partition coefficient (Wildman–Crippen LogP) is 2.41. The summed E-state index contributed by atoms with van der Waals surface area (Å²) >= 11 is 1.96. The summed E-state index contributed by atoms with van der Waals surface area (Å²) in [5, 5.41) is 13.6. The van der Waals surface area contributed by atoms with E-state index in [1.807, 2.05) is 22.6 Å². The highest BCUT2D eigenvalue weighted by Gasteiger charge is 2.23. The van der Waals surface area contributed by atoms with Gasteiger partial charge in [0.05, 0.1) is 10.5 Å². The maximum atomic E-state index is 12.2. The Labute approximate surface area is 137 Å². The molecule has 21 heavy (non-hydrogen) atoms. The van der Waals surface area contributed by atoms with Gasteiger partial charge in [-0.15, -0.1) is 0 Å². The van der Waals surface area contributed by atoms with Gasteiger partial charge in [0.2, 0.25) is 0 Å². The van der Waals surface area contributed by atoms with Crippen molar-refractivity contribution in [3.8, 4) is 0 Å². The Kier molecular flexibility index (Phi) is 5.51. The molecule has 0 spiro atoms. The quantitative estimate of drug-likeness (QED) is 0.466. The number of rotatable bonds is 5. The van der Waals surface area contributed by atoms with Gasteiger partial charge >= 0.3 is 0 Å². The standard InChI is InChI=1S/C14H18IN3O3/c1-2-17-7-3-4-11(17)9-16-14(19)12-6-5-10(18(20)21)8-13(12)15/h5-6,8,11H,2-4,7,9H2,1H3,(H,16,19). The third-order valence-corrected chi connectivity index (χ3v) is 4.70. The molecule has 1 saturated heterocycles. The Morgan fingerprint density at radius 1 is 1.57 bits per heavy atom. The molecule has 1 aliphatic rings. The van der Waals surface area contributed by atoms with E-state index >= 15 is 0 Å². The van der Waals surface area contributed by atoms with E-state index in [0.29, 0.717) is 21.7 Å². The summed E-state index contributed by atoms with van der Waals surface area (Å²) < 4.78 is 0.595. The van der Waals surface area contributed by atoms with Crippen molar-refractivity contribution in [3.63, 3.8) is 0 Å². The second-order valence-electron chi connectivity index (χ2n) is 5.06. The number of carbonyl (C=O) groups excluding carboxylic acids is 1. The highest BCUT2D eigenvalue weighted by atomic mass is 127. The summed E-state index contributed by atoms with van der Waals surface area (Å²) in [7, 11) is 0. The van der Waals surface area contributed by atoms with Gasteiger partial charge in [-0.25, -0.2) is 0 Å². The number of non-ortho nitro benzene ring substituents is 1.